The summed E-state index contributed by atoms with van der Waals surface area (Å²) in [7, 11) is 0. The second-order valence-electron chi connectivity index (χ2n) is 4.95. The minimum Gasteiger partial charge on any atom is -0.488 e. The van der Waals surface area contributed by atoms with E-state index in [1.807, 2.05) is 0 Å². The summed E-state index contributed by atoms with van der Waals surface area (Å²) in [4.78, 5) is 14.6. The van der Waals surface area contributed by atoms with Gasteiger partial charge in [-0.25, -0.2) is 4.98 Å². The minimum atomic E-state index is -4.49. The first kappa shape index (κ1) is 17.3. The van der Waals surface area contributed by atoms with Crippen LogP contribution < -0.4 is 10.1 Å². The second kappa shape index (κ2) is 6.57. The second-order valence-corrected chi connectivity index (χ2v) is 6.24. The van der Waals surface area contributed by atoms with Gasteiger partial charge in [0.1, 0.15) is 12.4 Å². The van der Waals surface area contributed by atoms with Gasteiger partial charge in [0.2, 0.25) is 5.91 Å². The number of aryl methyl sites for hydroxylation is 2. The van der Waals surface area contributed by atoms with Gasteiger partial charge in [0.15, 0.2) is 5.69 Å². The van der Waals surface area contributed by atoms with Crippen molar-refractivity contribution in [2.75, 3.05) is 5.32 Å². The van der Waals surface area contributed by atoms with Crippen LogP contribution in [0.4, 0.5) is 18.9 Å². The van der Waals surface area contributed by atoms with Gasteiger partial charge in [-0.1, -0.05) is 0 Å². The summed E-state index contributed by atoms with van der Waals surface area (Å²) in [5.41, 5.74) is 0.496. The molecule has 1 N–H and O–H groups in total. The number of amides is 1. The standard InChI is InChI=1S/C15H15F3N2O2S/c1-8-6-11(4-5-12(8)19-9(2)21)22-7-13-14(15(16,17)18)20-10(3)23-13/h4-6H,7H2,1-3H3,(H,19,21). The first-order valence-corrected chi connectivity index (χ1v) is 7.53. The maximum absolute atomic E-state index is 12.9. The quantitative estimate of drug-likeness (QED) is 0.899. The van der Waals surface area contributed by atoms with Gasteiger partial charge >= 0.3 is 6.18 Å². The van der Waals surface area contributed by atoms with Crippen molar-refractivity contribution >= 4 is 22.9 Å². The average Bonchev–Trinajstić information content (AvgIpc) is 2.80. The van der Waals surface area contributed by atoms with Gasteiger partial charge in [-0.05, 0) is 37.6 Å². The van der Waals surface area contributed by atoms with Crippen molar-refractivity contribution in [1.29, 1.82) is 0 Å². The summed E-state index contributed by atoms with van der Waals surface area (Å²) < 4.78 is 44.1. The average molecular weight is 344 g/mol. The Morgan fingerprint density at radius 2 is 2.04 bits per heavy atom. The largest absolute Gasteiger partial charge is 0.488 e. The predicted octanol–water partition coefficient (Wildman–Crippen LogP) is 4.32. The van der Waals surface area contributed by atoms with Crippen LogP contribution in [0.25, 0.3) is 0 Å². The first-order valence-electron chi connectivity index (χ1n) is 6.71. The third-order valence-corrected chi connectivity index (χ3v) is 3.90. The Labute approximate surface area is 135 Å². The summed E-state index contributed by atoms with van der Waals surface area (Å²) in [6, 6.07) is 4.90. The van der Waals surface area contributed by atoms with Crippen molar-refractivity contribution in [3.63, 3.8) is 0 Å². The maximum atomic E-state index is 12.9. The van der Waals surface area contributed by atoms with E-state index >= 15 is 0 Å². The van der Waals surface area contributed by atoms with Crippen LogP contribution in [0.1, 0.15) is 28.1 Å². The highest BCUT2D eigenvalue weighted by atomic mass is 32.1. The number of carbonyl (C=O) groups is 1. The Morgan fingerprint density at radius 1 is 1.35 bits per heavy atom. The molecule has 1 amide bonds. The van der Waals surface area contributed by atoms with Gasteiger partial charge in [-0.3, -0.25) is 4.79 Å². The Kier molecular flexibility index (Phi) is 4.93. The molecule has 1 heterocycles. The minimum absolute atomic E-state index is 0.0404. The number of aromatic nitrogens is 1. The van der Waals surface area contributed by atoms with E-state index < -0.39 is 11.9 Å². The van der Waals surface area contributed by atoms with Gasteiger partial charge in [0.25, 0.3) is 0 Å². The van der Waals surface area contributed by atoms with Crippen LogP contribution >= 0.6 is 11.3 Å². The number of thiazole rings is 1. The van der Waals surface area contributed by atoms with Crippen LogP contribution in [0.3, 0.4) is 0 Å². The highest BCUT2D eigenvalue weighted by Gasteiger charge is 2.37. The molecule has 0 aliphatic rings. The van der Waals surface area contributed by atoms with Crippen molar-refractivity contribution in [2.45, 2.75) is 33.6 Å². The fourth-order valence-electron chi connectivity index (χ4n) is 1.99. The number of halogens is 3. The Balaban J connectivity index is 2.13. The molecule has 0 aliphatic carbocycles. The van der Waals surface area contributed by atoms with E-state index in [2.05, 4.69) is 10.3 Å². The smallest absolute Gasteiger partial charge is 0.434 e. The molecule has 1 aromatic heterocycles. The first-order chi connectivity index (χ1) is 10.7. The van der Waals surface area contributed by atoms with Gasteiger partial charge < -0.3 is 10.1 Å². The number of nitrogens with one attached hydrogen (secondary N) is 1. The van der Waals surface area contributed by atoms with Crippen LogP contribution in [0.2, 0.25) is 0 Å². The molecule has 0 bridgehead atoms. The van der Waals surface area contributed by atoms with Crippen LogP contribution in [0.15, 0.2) is 18.2 Å². The lowest BCUT2D eigenvalue weighted by molar-refractivity contribution is -0.141. The molecule has 0 saturated heterocycles. The zero-order chi connectivity index (χ0) is 17.2. The monoisotopic (exact) mass is 344 g/mol. The lowest BCUT2D eigenvalue weighted by Crippen LogP contribution is -2.10. The molecule has 0 radical (unpaired) electrons. The van der Waals surface area contributed by atoms with Crippen LogP contribution in [0, 0.1) is 13.8 Å². The molecule has 0 saturated carbocycles. The van der Waals surface area contributed by atoms with Crippen LogP contribution in [-0.4, -0.2) is 10.9 Å². The zero-order valence-corrected chi connectivity index (χ0v) is 13.6. The summed E-state index contributed by atoms with van der Waals surface area (Å²) in [6.07, 6.45) is -4.49. The zero-order valence-electron chi connectivity index (χ0n) is 12.7. The molecule has 124 valence electrons. The number of anilines is 1. The van der Waals surface area contributed by atoms with E-state index in [9.17, 15) is 18.0 Å². The van der Waals surface area contributed by atoms with Crippen molar-refractivity contribution < 1.29 is 22.7 Å². The third kappa shape index (κ3) is 4.44. The fourth-order valence-corrected chi connectivity index (χ4v) is 2.86. The fraction of sp³-hybridized carbons (Fsp3) is 0.333. The molecule has 0 aliphatic heterocycles. The molecule has 0 fully saturated rings. The molecule has 0 unspecified atom stereocenters. The lowest BCUT2D eigenvalue weighted by Gasteiger charge is -2.11. The molecule has 23 heavy (non-hydrogen) atoms. The topological polar surface area (TPSA) is 51.2 Å². The van der Waals surface area contributed by atoms with Gasteiger partial charge in [-0.2, -0.15) is 13.2 Å². The van der Waals surface area contributed by atoms with Gasteiger partial charge in [0.05, 0.1) is 9.88 Å². The van der Waals surface area contributed by atoms with Crippen molar-refractivity contribution in [3.05, 3.63) is 39.3 Å². The van der Waals surface area contributed by atoms with E-state index in [0.717, 1.165) is 16.9 Å². The summed E-state index contributed by atoms with van der Waals surface area (Å²) in [5, 5.41) is 3.00. The Morgan fingerprint density at radius 3 is 2.61 bits per heavy atom. The summed E-state index contributed by atoms with van der Waals surface area (Å²) >= 11 is 0.963. The Hall–Kier alpha value is -2.09. The van der Waals surface area contributed by atoms with Crippen molar-refractivity contribution in [1.82, 2.24) is 4.98 Å². The molecule has 1 aromatic carbocycles. The number of alkyl halides is 3. The maximum Gasteiger partial charge on any atom is 0.434 e. The molecule has 8 heteroatoms. The van der Waals surface area contributed by atoms with Crippen molar-refractivity contribution in [2.24, 2.45) is 0 Å². The van der Waals surface area contributed by atoms with E-state index in [0.29, 0.717) is 16.4 Å². The van der Waals surface area contributed by atoms with E-state index in [-0.39, 0.29) is 17.4 Å². The van der Waals surface area contributed by atoms with Crippen LogP contribution in [0.5, 0.6) is 5.75 Å². The lowest BCUT2D eigenvalue weighted by atomic mass is 10.2. The summed E-state index contributed by atoms with van der Waals surface area (Å²) in [5.74, 6) is 0.229. The number of nitrogens with zero attached hydrogens (tertiary/aromatic N) is 1. The van der Waals surface area contributed by atoms with E-state index in [1.54, 1.807) is 25.1 Å². The SMILES string of the molecule is CC(=O)Nc1ccc(OCc2sc(C)nc2C(F)(F)F)cc1C. The molecule has 2 rings (SSSR count). The summed E-state index contributed by atoms with van der Waals surface area (Å²) in [6.45, 7) is 4.49. The molecular formula is C15H15F3N2O2S. The number of rotatable bonds is 4. The number of benzene rings is 1. The normalized spacial score (nSPS) is 11.4. The third-order valence-electron chi connectivity index (χ3n) is 2.95. The molecule has 0 spiro atoms. The predicted molar refractivity (Wildman–Crippen MR) is 81.7 cm³/mol. The highest BCUT2D eigenvalue weighted by molar-refractivity contribution is 7.11. The molecular weight excluding hydrogens is 329 g/mol. The van der Waals surface area contributed by atoms with Crippen LogP contribution in [-0.2, 0) is 17.6 Å². The number of ether oxygens (including phenoxy) is 1. The van der Waals surface area contributed by atoms with Gasteiger partial charge in [-0.15, -0.1) is 11.3 Å². The Bertz CT molecular complexity index is 726. The number of hydrogen-bond donors (Lipinski definition) is 1. The van der Waals surface area contributed by atoms with Gasteiger partial charge in [0, 0.05) is 12.6 Å². The number of carbonyl (C=O) groups excluding carboxylic acids is 1. The van der Waals surface area contributed by atoms with Crippen molar-refractivity contribution in [3.8, 4) is 5.75 Å². The van der Waals surface area contributed by atoms with E-state index in [4.69, 9.17) is 4.74 Å². The molecule has 0 atom stereocenters. The van der Waals surface area contributed by atoms with E-state index in [1.165, 1.54) is 13.8 Å². The highest BCUT2D eigenvalue weighted by Crippen LogP contribution is 2.35. The number of hydrogen-bond acceptors (Lipinski definition) is 4. The molecule has 2 aromatic rings. The molecule has 4 nitrogen and oxygen atoms in total.